The molecule has 0 fully saturated rings. The zero-order valence-corrected chi connectivity index (χ0v) is 12.6. The lowest BCUT2D eigenvalue weighted by Crippen LogP contribution is -2.19. The van der Waals surface area contributed by atoms with Crippen molar-refractivity contribution in [3.05, 3.63) is 69.1 Å². The molecule has 0 aliphatic carbocycles. The summed E-state index contributed by atoms with van der Waals surface area (Å²) in [4.78, 5) is 12.0. The summed E-state index contributed by atoms with van der Waals surface area (Å²) in [6.07, 6.45) is 0. The minimum atomic E-state index is -0.275. The molecule has 5 heteroatoms. The summed E-state index contributed by atoms with van der Waals surface area (Å²) in [5.74, 6) is 0. The van der Waals surface area contributed by atoms with Crippen molar-refractivity contribution in [3.63, 3.8) is 0 Å². The summed E-state index contributed by atoms with van der Waals surface area (Å²) >= 11 is 6.02. The fourth-order valence-corrected chi connectivity index (χ4v) is 2.81. The molecule has 21 heavy (non-hydrogen) atoms. The average molecular weight is 302 g/mol. The largest absolute Gasteiger partial charge is 0.328 e. The SMILES string of the molecule is Cn1c(=O)n(C)c2cc(C(N)c3cccc(Cl)c3)ccc21. The highest BCUT2D eigenvalue weighted by molar-refractivity contribution is 6.30. The molecule has 3 aromatic rings. The molecule has 1 aromatic heterocycles. The molecule has 108 valence electrons. The normalized spacial score (nSPS) is 12.8. The number of halogens is 1. The number of aromatic nitrogens is 2. The third-order valence-corrected chi connectivity index (χ3v) is 4.10. The van der Waals surface area contributed by atoms with Crippen LogP contribution in [0.25, 0.3) is 11.0 Å². The molecule has 0 saturated heterocycles. The molecule has 3 rings (SSSR count). The van der Waals surface area contributed by atoms with Gasteiger partial charge in [-0.05, 0) is 35.4 Å². The van der Waals surface area contributed by atoms with E-state index in [1.54, 1.807) is 23.2 Å². The van der Waals surface area contributed by atoms with E-state index in [0.29, 0.717) is 5.02 Å². The Labute approximate surface area is 127 Å². The van der Waals surface area contributed by atoms with Crippen LogP contribution < -0.4 is 11.4 Å². The molecule has 0 saturated carbocycles. The predicted molar refractivity (Wildman–Crippen MR) is 85.6 cm³/mol. The lowest BCUT2D eigenvalue weighted by atomic mass is 9.99. The number of benzene rings is 2. The maximum atomic E-state index is 12.0. The Kier molecular flexibility index (Phi) is 3.35. The number of nitrogens with two attached hydrogens (primary N) is 1. The number of nitrogens with zero attached hydrogens (tertiary/aromatic N) is 2. The van der Waals surface area contributed by atoms with Gasteiger partial charge in [0, 0.05) is 19.1 Å². The van der Waals surface area contributed by atoms with Gasteiger partial charge in [-0.3, -0.25) is 9.13 Å². The molecule has 1 atom stereocenters. The Morgan fingerprint density at radius 2 is 1.67 bits per heavy atom. The Balaban J connectivity index is 2.13. The van der Waals surface area contributed by atoms with E-state index in [-0.39, 0.29) is 11.7 Å². The van der Waals surface area contributed by atoms with E-state index in [0.717, 1.165) is 22.2 Å². The topological polar surface area (TPSA) is 53.0 Å². The first-order chi connectivity index (χ1) is 9.99. The summed E-state index contributed by atoms with van der Waals surface area (Å²) in [7, 11) is 3.53. The van der Waals surface area contributed by atoms with E-state index in [9.17, 15) is 4.79 Å². The van der Waals surface area contributed by atoms with E-state index >= 15 is 0 Å². The van der Waals surface area contributed by atoms with Crippen molar-refractivity contribution in [1.82, 2.24) is 9.13 Å². The van der Waals surface area contributed by atoms with Crippen molar-refractivity contribution in [2.75, 3.05) is 0 Å². The standard InChI is InChI=1S/C16H16ClN3O/c1-19-13-7-6-11(9-14(13)20(2)16(19)21)15(18)10-4-3-5-12(17)8-10/h3-9,15H,18H2,1-2H3. The zero-order valence-electron chi connectivity index (χ0n) is 11.9. The van der Waals surface area contributed by atoms with Crippen molar-refractivity contribution in [2.24, 2.45) is 19.8 Å². The van der Waals surface area contributed by atoms with Gasteiger partial charge in [0.1, 0.15) is 0 Å². The molecule has 4 nitrogen and oxygen atoms in total. The van der Waals surface area contributed by atoms with Crippen molar-refractivity contribution >= 4 is 22.6 Å². The smallest absolute Gasteiger partial charge is 0.320 e. The predicted octanol–water partition coefficient (Wildman–Crippen LogP) is 2.58. The number of hydrogen-bond acceptors (Lipinski definition) is 2. The molecule has 2 N–H and O–H groups in total. The molecule has 0 amide bonds. The van der Waals surface area contributed by atoms with Gasteiger partial charge in [0.25, 0.3) is 0 Å². The second kappa shape index (κ2) is 5.06. The van der Waals surface area contributed by atoms with Gasteiger partial charge in [0.15, 0.2) is 0 Å². The molecule has 0 radical (unpaired) electrons. The van der Waals surface area contributed by atoms with E-state index in [4.69, 9.17) is 17.3 Å². The van der Waals surface area contributed by atoms with Crippen LogP contribution in [-0.2, 0) is 14.1 Å². The van der Waals surface area contributed by atoms with Crippen LogP contribution >= 0.6 is 11.6 Å². The minimum absolute atomic E-state index is 0.0431. The van der Waals surface area contributed by atoms with Crippen LogP contribution in [0.3, 0.4) is 0 Å². The summed E-state index contributed by atoms with van der Waals surface area (Å²) in [5, 5.41) is 0.663. The van der Waals surface area contributed by atoms with Gasteiger partial charge in [-0.15, -0.1) is 0 Å². The van der Waals surface area contributed by atoms with Crippen molar-refractivity contribution in [1.29, 1.82) is 0 Å². The van der Waals surface area contributed by atoms with Crippen molar-refractivity contribution in [2.45, 2.75) is 6.04 Å². The van der Waals surface area contributed by atoms with Gasteiger partial charge in [-0.1, -0.05) is 29.8 Å². The summed E-state index contributed by atoms with van der Waals surface area (Å²) in [5.41, 5.74) is 9.94. The van der Waals surface area contributed by atoms with E-state index < -0.39 is 0 Å². The number of imidazole rings is 1. The van der Waals surface area contributed by atoms with Crippen LogP contribution in [0, 0.1) is 0 Å². The highest BCUT2D eigenvalue weighted by Crippen LogP contribution is 2.24. The molecular weight excluding hydrogens is 286 g/mol. The molecular formula is C16H16ClN3O. The molecule has 0 bridgehead atoms. The average Bonchev–Trinajstić information content (AvgIpc) is 2.71. The first-order valence-electron chi connectivity index (χ1n) is 6.65. The highest BCUT2D eigenvalue weighted by Gasteiger charge is 2.13. The van der Waals surface area contributed by atoms with Gasteiger partial charge >= 0.3 is 5.69 Å². The number of fused-ring (bicyclic) bond motifs is 1. The zero-order chi connectivity index (χ0) is 15.1. The molecule has 0 aliphatic rings. The first kappa shape index (κ1) is 13.9. The Hall–Kier alpha value is -2.04. The monoisotopic (exact) mass is 301 g/mol. The summed E-state index contributed by atoms with van der Waals surface area (Å²) in [6.45, 7) is 0. The third kappa shape index (κ3) is 2.26. The van der Waals surface area contributed by atoms with Crippen LogP contribution in [0.1, 0.15) is 17.2 Å². The van der Waals surface area contributed by atoms with Gasteiger partial charge in [0.2, 0.25) is 0 Å². The number of hydrogen-bond donors (Lipinski definition) is 1. The van der Waals surface area contributed by atoms with Crippen molar-refractivity contribution < 1.29 is 0 Å². The summed E-state index contributed by atoms with van der Waals surface area (Å²) in [6, 6.07) is 13.1. The van der Waals surface area contributed by atoms with Crippen molar-refractivity contribution in [3.8, 4) is 0 Å². The lowest BCUT2D eigenvalue weighted by molar-refractivity contribution is 0.795. The van der Waals surface area contributed by atoms with Crippen LogP contribution in [-0.4, -0.2) is 9.13 Å². The van der Waals surface area contributed by atoms with Gasteiger partial charge in [-0.25, -0.2) is 4.79 Å². The van der Waals surface area contributed by atoms with E-state index in [1.807, 2.05) is 42.5 Å². The number of aryl methyl sites for hydroxylation is 2. The van der Waals surface area contributed by atoms with Gasteiger partial charge < -0.3 is 5.73 Å². The Bertz CT molecular complexity index is 879. The second-order valence-corrected chi connectivity index (χ2v) is 5.62. The van der Waals surface area contributed by atoms with Gasteiger partial charge in [-0.2, -0.15) is 0 Å². The fraction of sp³-hybridized carbons (Fsp3) is 0.188. The lowest BCUT2D eigenvalue weighted by Gasteiger charge is -2.13. The quantitative estimate of drug-likeness (QED) is 0.791. The van der Waals surface area contributed by atoms with E-state index in [1.165, 1.54) is 0 Å². The summed E-state index contributed by atoms with van der Waals surface area (Å²) < 4.78 is 3.26. The maximum absolute atomic E-state index is 12.0. The molecule has 1 heterocycles. The van der Waals surface area contributed by atoms with Crippen LogP contribution in [0.4, 0.5) is 0 Å². The molecule has 0 aliphatic heterocycles. The molecule has 2 aromatic carbocycles. The van der Waals surface area contributed by atoms with E-state index in [2.05, 4.69) is 0 Å². The maximum Gasteiger partial charge on any atom is 0.328 e. The number of rotatable bonds is 2. The fourth-order valence-electron chi connectivity index (χ4n) is 2.61. The molecule has 1 unspecified atom stereocenters. The van der Waals surface area contributed by atoms with Gasteiger partial charge in [0.05, 0.1) is 17.1 Å². The van der Waals surface area contributed by atoms with Crippen LogP contribution in [0.15, 0.2) is 47.3 Å². The first-order valence-corrected chi connectivity index (χ1v) is 7.03. The molecule has 0 spiro atoms. The highest BCUT2D eigenvalue weighted by atomic mass is 35.5. The Morgan fingerprint density at radius 3 is 2.38 bits per heavy atom. The van der Waals surface area contributed by atoms with Crippen LogP contribution in [0.2, 0.25) is 5.02 Å². The second-order valence-electron chi connectivity index (χ2n) is 5.18. The minimum Gasteiger partial charge on any atom is -0.320 e. The Morgan fingerprint density at radius 1 is 1.00 bits per heavy atom. The van der Waals surface area contributed by atoms with Crippen LogP contribution in [0.5, 0.6) is 0 Å². The third-order valence-electron chi connectivity index (χ3n) is 3.86.